The van der Waals surface area contributed by atoms with Crippen LogP contribution >= 0.6 is 0 Å². The van der Waals surface area contributed by atoms with E-state index < -0.39 is 5.60 Å². The summed E-state index contributed by atoms with van der Waals surface area (Å²) in [6.07, 6.45) is 0.706. The summed E-state index contributed by atoms with van der Waals surface area (Å²) in [5.74, 6) is -0.227. The Bertz CT molecular complexity index is 395. The van der Waals surface area contributed by atoms with Gasteiger partial charge in [0.1, 0.15) is 5.82 Å². The highest BCUT2D eigenvalue weighted by atomic mass is 19.1. The van der Waals surface area contributed by atoms with Gasteiger partial charge in [-0.2, -0.15) is 0 Å². The largest absolute Gasteiger partial charge is 0.389 e. The number of halogens is 1. The quantitative estimate of drug-likeness (QED) is 0.834. The lowest BCUT2D eigenvalue weighted by atomic mass is 10.0. The normalized spacial score (nSPS) is 27.3. The maximum atomic E-state index is 13.7. The highest BCUT2D eigenvalue weighted by molar-refractivity contribution is 5.22. The summed E-state index contributed by atoms with van der Waals surface area (Å²) in [6, 6.07) is 6.55. The van der Waals surface area contributed by atoms with Gasteiger partial charge < -0.3 is 10.8 Å². The number of nitrogens with zero attached hydrogens (tertiary/aromatic N) is 1. The van der Waals surface area contributed by atoms with Crippen molar-refractivity contribution in [1.82, 2.24) is 4.90 Å². The van der Waals surface area contributed by atoms with Crippen molar-refractivity contribution in [2.45, 2.75) is 25.0 Å². The van der Waals surface area contributed by atoms with Gasteiger partial charge in [-0.15, -0.1) is 0 Å². The molecule has 3 N–H and O–H groups in total. The molecule has 2 unspecified atom stereocenters. The summed E-state index contributed by atoms with van der Waals surface area (Å²) in [5.41, 5.74) is 5.69. The Labute approximate surface area is 101 Å². The van der Waals surface area contributed by atoms with Crippen LogP contribution in [0.5, 0.6) is 0 Å². The summed E-state index contributed by atoms with van der Waals surface area (Å²) in [5, 5.41) is 9.95. The highest BCUT2D eigenvalue weighted by Crippen LogP contribution is 2.30. The Morgan fingerprint density at radius 1 is 1.53 bits per heavy atom. The minimum absolute atomic E-state index is 0.148. The van der Waals surface area contributed by atoms with Crippen molar-refractivity contribution in [2.75, 3.05) is 19.6 Å². The van der Waals surface area contributed by atoms with Gasteiger partial charge in [0, 0.05) is 25.2 Å². The van der Waals surface area contributed by atoms with E-state index in [2.05, 4.69) is 4.90 Å². The van der Waals surface area contributed by atoms with Crippen LogP contribution < -0.4 is 5.73 Å². The second kappa shape index (κ2) is 4.72. The molecule has 0 aliphatic carbocycles. The molecule has 1 aliphatic heterocycles. The second-order valence-electron chi connectivity index (χ2n) is 4.99. The summed E-state index contributed by atoms with van der Waals surface area (Å²) >= 11 is 0. The minimum Gasteiger partial charge on any atom is -0.389 e. The molecular formula is C13H19FN2O. The average molecular weight is 238 g/mol. The van der Waals surface area contributed by atoms with Crippen LogP contribution in [0.3, 0.4) is 0 Å². The molecule has 17 heavy (non-hydrogen) atoms. The fourth-order valence-electron chi connectivity index (χ4n) is 2.46. The molecule has 0 aromatic heterocycles. The molecule has 0 radical (unpaired) electrons. The molecule has 0 spiro atoms. The molecule has 1 aliphatic rings. The smallest absolute Gasteiger partial charge is 0.128 e. The summed E-state index contributed by atoms with van der Waals surface area (Å²) < 4.78 is 13.7. The number of β-amino-alcohol motifs (C(OH)–C–C–N with tert-alkyl or cyclic N) is 1. The van der Waals surface area contributed by atoms with Gasteiger partial charge in [0.2, 0.25) is 0 Å². The zero-order valence-corrected chi connectivity index (χ0v) is 10.1. The number of rotatable bonds is 3. The summed E-state index contributed by atoms with van der Waals surface area (Å²) in [4.78, 5) is 2.05. The van der Waals surface area contributed by atoms with Crippen molar-refractivity contribution in [3.8, 4) is 0 Å². The van der Waals surface area contributed by atoms with Crippen molar-refractivity contribution in [2.24, 2.45) is 5.73 Å². The molecular weight excluding hydrogens is 219 g/mol. The second-order valence-corrected chi connectivity index (χ2v) is 4.99. The lowest BCUT2D eigenvalue weighted by Crippen LogP contribution is -2.36. The first-order valence-electron chi connectivity index (χ1n) is 5.94. The van der Waals surface area contributed by atoms with Gasteiger partial charge in [0.25, 0.3) is 0 Å². The van der Waals surface area contributed by atoms with Crippen LogP contribution in [0, 0.1) is 5.82 Å². The molecule has 3 nitrogen and oxygen atoms in total. The van der Waals surface area contributed by atoms with Crippen LogP contribution in [0.4, 0.5) is 4.39 Å². The summed E-state index contributed by atoms with van der Waals surface area (Å²) in [6.45, 7) is 3.46. The topological polar surface area (TPSA) is 49.5 Å². The zero-order valence-electron chi connectivity index (χ0n) is 10.1. The van der Waals surface area contributed by atoms with Gasteiger partial charge in [0.05, 0.1) is 11.6 Å². The molecule has 2 atom stereocenters. The molecule has 1 fully saturated rings. The van der Waals surface area contributed by atoms with E-state index in [0.717, 1.165) is 6.54 Å². The van der Waals surface area contributed by atoms with E-state index in [9.17, 15) is 9.50 Å². The molecule has 1 saturated heterocycles. The lowest BCUT2D eigenvalue weighted by molar-refractivity contribution is 0.0623. The number of likely N-dealkylation sites (tertiary alicyclic amines) is 1. The SMILES string of the molecule is CC1(O)CCN(C(CN)c2ccccc2F)C1. The van der Waals surface area contributed by atoms with E-state index in [1.807, 2.05) is 13.0 Å². The number of aliphatic hydroxyl groups is 1. The first-order chi connectivity index (χ1) is 8.03. The third-order valence-corrected chi connectivity index (χ3v) is 3.41. The third-order valence-electron chi connectivity index (χ3n) is 3.41. The van der Waals surface area contributed by atoms with Gasteiger partial charge >= 0.3 is 0 Å². The maximum Gasteiger partial charge on any atom is 0.128 e. The first kappa shape index (κ1) is 12.5. The van der Waals surface area contributed by atoms with Crippen LogP contribution in [0.1, 0.15) is 24.9 Å². The molecule has 4 heteroatoms. The molecule has 0 bridgehead atoms. The van der Waals surface area contributed by atoms with E-state index in [0.29, 0.717) is 25.1 Å². The van der Waals surface area contributed by atoms with Crippen molar-refractivity contribution in [3.05, 3.63) is 35.6 Å². The van der Waals surface area contributed by atoms with Gasteiger partial charge in [0.15, 0.2) is 0 Å². The van der Waals surface area contributed by atoms with Crippen LogP contribution in [-0.4, -0.2) is 35.2 Å². The van der Waals surface area contributed by atoms with E-state index in [4.69, 9.17) is 5.73 Å². The zero-order chi connectivity index (χ0) is 12.5. The van der Waals surface area contributed by atoms with E-state index in [-0.39, 0.29) is 11.9 Å². The molecule has 1 aromatic carbocycles. The van der Waals surface area contributed by atoms with Gasteiger partial charge in [-0.3, -0.25) is 4.90 Å². The van der Waals surface area contributed by atoms with Crippen molar-refractivity contribution >= 4 is 0 Å². The Hall–Kier alpha value is -0.970. The van der Waals surface area contributed by atoms with Crippen molar-refractivity contribution in [3.63, 3.8) is 0 Å². The molecule has 94 valence electrons. The number of hydrogen-bond acceptors (Lipinski definition) is 3. The predicted molar refractivity (Wildman–Crippen MR) is 65.0 cm³/mol. The molecule has 1 heterocycles. The van der Waals surface area contributed by atoms with Crippen LogP contribution in [0.25, 0.3) is 0 Å². The standard InChI is InChI=1S/C13H19FN2O/c1-13(17)6-7-16(9-13)12(8-15)10-4-2-3-5-11(10)14/h2-5,12,17H,6-9,15H2,1H3. The number of benzene rings is 1. The lowest BCUT2D eigenvalue weighted by Gasteiger charge is -2.28. The molecule has 0 saturated carbocycles. The fourth-order valence-corrected chi connectivity index (χ4v) is 2.46. The minimum atomic E-state index is -0.682. The van der Waals surface area contributed by atoms with Crippen molar-refractivity contribution < 1.29 is 9.50 Å². The Morgan fingerprint density at radius 2 is 2.24 bits per heavy atom. The molecule has 2 rings (SSSR count). The average Bonchev–Trinajstić information content (AvgIpc) is 2.63. The van der Waals surface area contributed by atoms with Crippen molar-refractivity contribution in [1.29, 1.82) is 0 Å². The van der Waals surface area contributed by atoms with E-state index in [1.54, 1.807) is 12.1 Å². The van der Waals surface area contributed by atoms with E-state index >= 15 is 0 Å². The molecule has 0 amide bonds. The number of nitrogens with two attached hydrogens (primary N) is 1. The summed E-state index contributed by atoms with van der Waals surface area (Å²) in [7, 11) is 0. The monoisotopic (exact) mass is 238 g/mol. The Balaban J connectivity index is 2.21. The third kappa shape index (κ3) is 2.65. The number of hydrogen-bond donors (Lipinski definition) is 2. The predicted octanol–water partition coefficient (Wildman–Crippen LogP) is 1.28. The highest BCUT2D eigenvalue weighted by Gasteiger charge is 2.35. The Kier molecular flexibility index (Phi) is 3.47. The Morgan fingerprint density at radius 3 is 2.76 bits per heavy atom. The van der Waals surface area contributed by atoms with Gasteiger partial charge in [-0.1, -0.05) is 18.2 Å². The maximum absolute atomic E-state index is 13.7. The van der Waals surface area contributed by atoms with Gasteiger partial charge in [-0.25, -0.2) is 4.39 Å². The molecule has 1 aromatic rings. The van der Waals surface area contributed by atoms with Crippen LogP contribution in [-0.2, 0) is 0 Å². The fraction of sp³-hybridized carbons (Fsp3) is 0.538. The van der Waals surface area contributed by atoms with Crippen LogP contribution in [0.15, 0.2) is 24.3 Å². The van der Waals surface area contributed by atoms with Crippen LogP contribution in [0.2, 0.25) is 0 Å². The first-order valence-corrected chi connectivity index (χ1v) is 5.94. The van der Waals surface area contributed by atoms with Gasteiger partial charge in [-0.05, 0) is 19.4 Å². The van der Waals surface area contributed by atoms with E-state index in [1.165, 1.54) is 6.07 Å².